The van der Waals surface area contributed by atoms with Crippen LogP contribution in [-0.2, 0) is 28.2 Å². The Morgan fingerprint density at radius 2 is 0.655 bits per heavy atom. The van der Waals surface area contributed by atoms with Gasteiger partial charge in [0.05, 0.1) is 48.4 Å². The summed E-state index contributed by atoms with van der Waals surface area (Å²) < 4.78 is 57.0. The molecular formula is C103H84N6O4+4. The minimum atomic E-state index is -2.20. The number of hydrogen-bond donors (Lipinski definition) is 0. The van der Waals surface area contributed by atoms with Crippen molar-refractivity contribution in [2.24, 2.45) is 28.2 Å². The quantitative estimate of drug-likeness (QED) is 0.159. The maximum Gasteiger partial charge on any atom is 0.334 e. The van der Waals surface area contributed by atoms with E-state index in [2.05, 4.69) is 287 Å². The summed E-state index contributed by atoms with van der Waals surface area (Å²) in [7, 11) is 8.10. The highest BCUT2D eigenvalue weighted by molar-refractivity contribution is 6.28. The van der Waals surface area contributed by atoms with Gasteiger partial charge in [0.25, 0.3) is 0 Å². The number of fused-ring (bicyclic) bond motifs is 22. The molecule has 22 rings (SSSR count). The Morgan fingerprint density at radius 1 is 0.319 bits per heavy atom. The molecule has 0 bridgehead atoms. The Morgan fingerprint density at radius 3 is 1.06 bits per heavy atom. The van der Waals surface area contributed by atoms with Crippen LogP contribution in [0.4, 0.5) is 0 Å². The zero-order chi connectivity index (χ0) is 79.7. The van der Waals surface area contributed by atoms with Gasteiger partial charge in [-0.2, -0.15) is 0 Å². The Kier molecular flexibility index (Phi) is 16.3. The summed E-state index contributed by atoms with van der Waals surface area (Å²) in [5.41, 5.74) is 21.2. The number of furan rings is 4. The van der Waals surface area contributed by atoms with Crippen molar-refractivity contribution < 1.29 is 40.0 Å². The highest BCUT2D eigenvalue weighted by atomic mass is 16.3. The number of rotatable bonds is 5. The number of aromatic nitrogens is 6. The van der Waals surface area contributed by atoms with E-state index in [9.17, 15) is 0 Å². The summed E-state index contributed by atoms with van der Waals surface area (Å²) in [5.74, 6) is 2.10. The fourth-order valence-electron chi connectivity index (χ4n) is 17.7. The highest BCUT2D eigenvalue weighted by Gasteiger charge is 2.31. The summed E-state index contributed by atoms with van der Waals surface area (Å²) in [6.45, 7) is 13.0. The van der Waals surface area contributed by atoms with E-state index in [1.165, 1.54) is 132 Å². The normalized spacial score (nSPS) is 12.3. The molecule has 113 heavy (non-hydrogen) atoms. The van der Waals surface area contributed by atoms with Crippen LogP contribution in [0.3, 0.4) is 0 Å². The first kappa shape index (κ1) is 66.3. The van der Waals surface area contributed by atoms with E-state index in [1.807, 2.05) is 81.7 Å². The summed E-state index contributed by atoms with van der Waals surface area (Å²) in [6, 6.07) is 89.0. The average molecular weight is 1470 g/mol. The fourth-order valence-corrected chi connectivity index (χ4v) is 17.7. The van der Waals surface area contributed by atoms with Gasteiger partial charge in [-0.15, -0.1) is 0 Å². The largest absolute Gasteiger partial charge is 0.455 e. The average Bonchev–Trinajstić information content (AvgIpc) is 1.54. The maximum absolute atomic E-state index is 7.66. The van der Waals surface area contributed by atoms with Gasteiger partial charge in [-0.1, -0.05) is 214 Å². The van der Waals surface area contributed by atoms with Crippen molar-refractivity contribution in [1.82, 2.24) is 9.97 Å². The van der Waals surface area contributed by atoms with E-state index in [1.54, 1.807) is 10.8 Å². The first-order valence-electron chi connectivity index (χ1n) is 40.1. The van der Waals surface area contributed by atoms with Crippen molar-refractivity contribution in [2.75, 3.05) is 0 Å². The van der Waals surface area contributed by atoms with Gasteiger partial charge in [0.1, 0.15) is 64.9 Å². The molecule has 0 radical (unpaired) electrons. The lowest BCUT2D eigenvalue weighted by Crippen LogP contribution is -2.32. The Balaban J connectivity index is 0.000000103. The van der Waals surface area contributed by atoms with E-state index >= 15 is 0 Å². The second-order valence-electron chi connectivity index (χ2n) is 30.3. The maximum atomic E-state index is 7.66. The zero-order valence-corrected chi connectivity index (χ0v) is 65.0. The first-order valence-corrected chi connectivity index (χ1v) is 38.6. The van der Waals surface area contributed by atoms with E-state index < -0.39 is 6.85 Å². The topological polar surface area (TPSA) is 93.9 Å². The van der Waals surface area contributed by atoms with Crippen molar-refractivity contribution >= 4 is 152 Å². The molecule has 14 aromatic carbocycles. The number of benzene rings is 14. The number of pyridine rings is 2. The molecule has 0 saturated heterocycles. The second kappa shape index (κ2) is 27.7. The first-order chi connectivity index (χ1) is 56.3. The molecule has 0 fully saturated rings. The van der Waals surface area contributed by atoms with Gasteiger partial charge in [-0.3, -0.25) is 0 Å². The predicted octanol–water partition coefficient (Wildman–Crippen LogP) is 25.0. The zero-order valence-electron chi connectivity index (χ0n) is 68.0. The molecule has 22 aromatic rings. The molecule has 10 heteroatoms. The Bertz CT molecular complexity index is 7820. The molecule has 0 aliphatic heterocycles. The molecule has 10 nitrogen and oxygen atoms in total. The molecule has 546 valence electrons. The van der Waals surface area contributed by atoms with Gasteiger partial charge >= 0.3 is 11.6 Å². The van der Waals surface area contributed by atoms with Gasteiger partial charge in [0.15, 0.2) is 29.3 Å². The van der Waals surface area contributed by atoms with Crippen molar-refractivity contribution in [3.05, 3.63) is 325 Å². The smallest absolute Gasteiger partial charge is 0.334 e. The van der Waals surface area contributed by atoms with Gasteiger partial charge in [0, 0.05) is 77.9 Å². The third-order valence-corrected chi connectivity index (χ3v) is 23.1. The predicted molar refractivity (Wildman–Crippen MR) is 464 cm³/mol. The van der Waals surface area contributed by atoms with Crippen LogP contribution in [0.2, 0.25) is 0 Å². The van der Waals surface area contributed by atoms with Gasteiger partial charge in [-0.25, -0.2) is 18.3 Å². The fraction of sp³-hybridized carbons (Fsp3) is 0.126. The van der Waals surface area contributed by atoms with Crippen molar-refractivity contribution in [2.45, 2.75) is 61.2 Å². The third kappa shape index (κ3) is 11.4. The van der Waals surface area contributed by atoms with Gasteiger partial charge < -0.3 is 17.7 Å². The SMILES string of the molecule is Cc1c(-c2c3ccc(C(C)C)cc3cc[n+]2C)c2oc3ccccc3c2c2ccccc12.Cc1c(-c2c3ccccc3cc[n+]2C)c2oc3ccccc3c2c2ccccc12.Cc1cc[n+](C)c(-c2c(C)c3ccccc3c3c2oc2ccccc23)n1.[2H]C([2H])([2H])c1cnc(-c2c(C)c3ccccc3c3c2oc2ccccc23)[n+](C)c1. The number of para-hydroxylation sites is 4. The minimum Gasteiger partial charge on any atom is -0.455 e. The number of nitrogens with zero attached hydrogens (tertiary/aromatic N) is 6. The summed E-state index contributed by atoms with van der Waals surface area (Å²) >= 11 is 0. The van der Waals surface area contributed by atoms with Crippen molar-refractivity contribution in [1.29, 1.82) is 0 Å². The molecule has 8 heterocycles. The summed E-state index contributed by atoms with van der Waals surface area (Å²) in [5, 5.41) is 23.9. The molecule has 0 spiro atoms. The standard InChI is InChI=1S/C30H26NO.C27H20NO.2C23H19N2O/c1-18(2)20-13-14-23-21(17-20)15-16-31(4)29(23)27-19(3)22-9-5-6-10-24(22)28-25-11-7-8-12-26(25)32-30(27)28;1-17-19-10-5-6-12-21(19)25-22-13-7-8-14-23(22)29-27(25)24(17)26-20-11-4-3-9-18(20)15-16-28(26)2;1-14-12-24-23(25(3)13-14)20-15(2)16-8-4-5-9-17(16)21-18-10-6-7-11-19(18)26-22(20)21;1-14-12-13-25(3)23(24-14)20-15(2)16-8-4-5-9-17(16)21-18-10-6-7-11-19(18)26-22(20)21/h5-18H,1-4H3;3-16H,1-2H3;2*4-13H,1-3H3/q4*+1/i;;1D3;. The van der Waals surface area contributed by atoms with E-state index in [0.717, 1.165) is 99.8 Å². The molecule has 0 amide bonds. The van der Waals surface area contributed by atoms with Crippen molar-refractivity contribution in [3.8, 4) is 45.3 Å². The van der Waals surface area contributed by atoms with E-state index in [-0.39, 0.29) is 5.56 Å². The van der Waals surface area contributed by atoms with Crippen LogP contribution in [0, 0.1) is 41.5 Å². The Labute approximate surface area is 658 Å². The van der Waals surface area contributed by atoms with Crippen LogP contribution in [-0.4, -0.2) is 9.97 Å². The molecule has 0 aliphatic rings. The highest BCUT2D eigenvalue weighted by Crippen LogP contribution is 2.49. The van der Waals surface area contributed by atoms with Crippen LogP contribution < -0.4 is 18.3 Å². The lowest BCUT2D eigenvalue weighted by atomic mass is 9.91. The van der Waals surface area contributed by atoms with Crippen molar-refractivity contribution in [3.63, 3.8) is 0 Å². The van der Waals surface area contributed by atoms with E-state index in [4.69, 9.17) is 26.8 Å². The van der Waals surface area contributed by atoms with E-state index in [0.29, 0.717) is 11.7 Å². The van der Waals surface area contributed by atoms with Gasteiger partial charge in [-0.05, 0) is 169 Å². The van der Waals surface area contributed by atoms with Crippen LogP contribution in [0.5, 0.6) is 0 Å². The monoisotopic (exact) mass is 1470 g/mol. The van der Waals surface area contributed by atoms with Crippen LogP contribution in [0.1, 0.15) is 63.0 Å². The molecule has 0 unspecified atom stereocenters. The lowest BCUT2D eigenvalue weighted by molar-refractivity contribution is -0.663. The number of hydrogen-bond acceptors (Lipinski definition) is 6. The summed E-state index contributed by atoms with van der Waals surface area (Å²) in [4.78, 5) is 9.38. The molecule has 0 atom stereocenters. The number of aryl methyl sites for hydroxylation is 10. The van der Waals surface area contributed by atoms with Crippen LogP contribution >= 0.6 is 0 Å². The molecule has 0 aliphatic carbocycles. The molecule has 8 aromatic heterocycles. The van der Waals surface area contributed by atoms with Crippen LogP contribution in [0.15, 0.2) is 303 Å². The molecular weight excluding hydrogens is 1390 g/mol. The second-order valence-corrected chi connectivity index (χ2v) is 30.3. The lowest BCUT2D eigenvalue weighted by Gasteiger charge is -2.13. The Hall–Kier alpha value is -13.7. The minimum absolute atomic E-state index is 0.211. The molecule has 0 saturated carbocycles. The summed E-state index contributed by atoms with van der Waals surface area (Å²) in [6.07, 6.45) is 9.43. The van der Waals surface area contributed by atoms with Gasteiger partial charge in [0.2, 0.25) is 11.4 Å². The molecule has 0 N–H and O–H groups in total. The third-order valence-electron chi connectivity index (χ3n) is 23.1. The van der Waals surface area contributed by atoms with Crippen LogP contribution in [0.25, 0.3) is 198 Å².